The van der Waals surface area contributed by atoms with Crippen LogP contribution in [0.25, 0.3) is 11.1 Å². The molecule has 0 aromatic heterocycles. The average molecular weight is 314 g/mol. The monoisotopic (exact) mass is 314 g/mol. The fraction of sp³-hybridized carbons (Fsp3) is 0.174. The van der Waals surface area contributed by atoms with Crippen molar-refractivity contribution < 1.29 is 4.79 Å². The smallest absolute Gasteiger partial charge is 0.137 e. The van der Waals surface area contributed by atoms with Crippen LogP contribution in [-0.4, -0.2) is 5.78 Å². The minimum atomic E-state index is -0.0324. The highest BCUT2D eigenvalue weighted by atomic mass is 16.1. The van der Waals surface area contributed by atoms with Crippen molar-refractivity contribution in [3.8, 4) is 11.1 Å². The van der Waals surface area contributed by atoms with Crippen molar-refractivity contribution in [1.29, 1.82) is 0 Å². The number of carbonyl (C=O) groups is 1. The van der Waals surface area contributed by atoms with Crippen LogP contribution < -0.4 is 0 Å². The van der Waals surface area contributed by atoms with Gasteiger partial charge in [0.1, 0.15) is 5.78 Å². The summed E-state index contributed by atoms with van der Waals surface area (Å²) in [6.07, 6.45) is 1.77. The third kappa shape index (κ3) is 3.99. The lowest BCUT2D eigenvalue weighted by atomic mass is 9.88. The maximum atomic E-state index is 12.1. The Balaban J connectivity index is 1.75. The summed E-state index contributed by atoms with van der Waals surface area (Å²) in [6.45, 7) is 1.70. The molecule has 0 amide bonds. The topological polar surface area (TPSA) is 17.1 Å². The number of hydrogen-bond donors (Lipinski definition) is 0. The van der Waals surface area contributed by atoms with Gasteiger partial charge in [0, 0.05) is 5.92 Å². The molecule has 0 aliphatic carbocycles. The Morgan fingerprint density at radius 2 is 1.29 bits per heavy atom. The van der Waals surface area contributed by atoms with Crippen molar-refractivity contribution in [1.82, 2.24) is 0 Å². The van der Waals surface area contributed by atoms with E-state index in [0.29, 0.717) is 0 Å². The molecule has 3 rings (SSSR count). The first kappa shape index (κ1) is 16.2. The van der Waals surface area contributed by atoms with E-state index in [1.807, 2.05) is 36.4 Å². The first-order chi connectivity index (χ1) is 11.7. The van der Waals surface area contributed by atoms with Crippen LogP contribution in [0.2, 0.25) is 0 Å². The van der Waals surface area contributed by atoms with E-state index >= 15 is 0 Å². The van der Waals surface area contributed by atoms with Crippen LogP contribution in [0.15, 0.2) is 84.9 Å². The summed E-state index contributed by atoms with van der Waals surface area (Å²) in [5.74, 6) is 0.202. The molecule has 0 N–H and O–H groups in total. The van der Waals surface area contributed by atoms with Gasteiger partial charge in [0.15, 0.2) is 0 Å². The van der Waals surface area contributed by atoms with E-state index in [1.54, 1.807) is 6.92 Å². The first-order valence-corrected chi connectivity index (χ1v) is 8.44. The number of carbonyl (C=O) groups excluding carboxylic acids is 1. The van der Waals surface area contributed by atoms with Crippen LogP contribution in [0.5, 0.6) is 0 Å². The standard InChI is InChI=1S/C23H22O/c1-18(24)23(17-12-19-8-4-2-5-9-19)22-15-13-21(14-16-22)20-10-6-3-7-11-20/h2-11,13-16,23H,12,17H2,1H3. The van der Waals surface area contributed by atoms with E-state index in [0.717, 1.165) is 18.4 Å². The fourth-order valence-electron chi connectivity index (χ4n) is 3.10. The number of benzene rings is 3. The van der Waals surface area contributed by atoms with Gasteiger partial charge in [0.05, 0.1) is 0 Å². The zero-order valence-corrected chi connectivity index (χ0v) is 14.0. The van der Waals surface area contributed by atoms with Crippen molar-refractivity contribution in [2.75, 3.05) is 0 Å². The van der Waals surface area contributed by atoms with Crippen LogP contribution in [0.4, 0.5) is 0 Å². The number of hydrogen-bond acceptors (Lipinski definition) is 1. The van der Waals surface area contributed by atoms with Crippen LogP contribution in [-0.2, 0) is 11.2 Å². The lowest BCUT2D eigenvalue weighted by Crippen LogP contribution is -2.10. The van der Waals surface area contributed by atoms with Crippen molar-refractivity contribution in [2.45, 2.75) is 25.7 Å². The molecule has 1 atom stereocenters. The second-order valence-electron chi connectivity index (χ2n) is 6.18. The largest absolute Gasteiger partial charge is 0.299 e. The quantitative estimate of drug-likeness (QED) is 0.574. The molecule has 0 bridgehead atoms. The van der Waals surface area contributed by atoms with Gasteiger partial charge in [-0.1, -0.05) is 84.9 Å². The Morgan fingerprint density at radius 3 is 1.88 bits per heavy atom. The van der Waals surface area contributed by atoms with Gasteiger partial charge in [-0.25, -0.2) is 0 Å². The summed E-state index contributed by atoms with van der Waals surface area (Å²) < 4.78 is 0. The van der Waals surface area contributed by atoms with Gasteiger partial charge in [-0.05, 0) is 42.0 Å². The molecule has 120 valence electrons. The average Bonchev–Trinajstić information content (AvgIpc) is 2.64. The highest BCUT2D eigenvalue weighted by Gasteiger charge is 2.16. The van der Waals surface area contributed by atoms with E-state index in [2.05, 4.69) is 48.5 Å². The minimum Gasteiger partial charge on any atom is -0.299 e. The Hall–Kier alpha value is -2.67. The van der Waals surface area contributed by atoms with E-state index in [4.69, 9.17) is 0 Å². The lowest BCUT2D eigenvalue weighted by Gasteiger charge is -2.15. The summed E-state index contributed by atoms with van der Waals surface area (Å²) in [4.78, 5) is 12.1. The van der Waals surface area contributed by atoms with Crippen LogP contribution >= 0.6 is 0 Å². The molecule has 24 heavy (non-hydrogen) atoms. The summed E-state index contributed by atoms with van der Waals surface area (Å²) in [7, 11) is 0. The van der Waals surface area contributed by atoms with Crippen LogP contribution in [0.3, 0.4) is 0 Å². The normalized spacial score (nSPS) is 11.9. The molecule has 0 fully saturated rings. The summed E-state index contributed by atoms with van der Waals surface area (Å²) in [5, 5.41) is 0. The van der Waals surface area contributed by atoms with Gasteiger partial charge in [0.25, 0.3) is 0 Å². The second kappa shape index (κ2) is 7.74. The third-order valence-corrected chi connectivity index (χ3v) is 4.48. The molecule has 1 unspecified atom stereocenters. The van der Waals surface area contributed by atoms with Gasteiger partial charge in [-0.2, -0.15) is 0 Å². The van der Waals surface area contributed by atoms with Gasteiger partial charge in [0.2, 0.25) is 0 Å². The maximum Gasteiger partial charge on any atom is 0.137 e. The molecule has 0 heterocycles. The van der Waals surface area contributed by atoms with Gasteiger partial charge in [-0.3, -0.25) is 4.79 Å². The molecule has 1 heteroatoms. The van der Waals surface area contributed by atoms with Crippen LogP contribution in [0.1, 0.15) is 30.4 Å². The van der Waals surface area contributed by atoms with Gasteiger partial charge < -0.3 is 0 Å². The van der Waals surface area contributed by atoms with E-state index in [1.165, 1.54) is 16.7 Å². The SMILES string of the molecule is CC(=O)C(CCc1ccccc1)c1ccc(-c2ccccc2)cc1. The first-order valence-electron chi connectivity index (χ1n) is 8.44. The molecular formula is C23H22O. The Kier molecular flexibility index (Phi) is 5.22. The number of rotatable bonds is 6. The third-order valence-electron chi connectivity index (χ3n) is 4.48. The Morgan fingerprint density at radius 1 is 0.750 bits per heavy atom. The molecule has 0 aliphatic heterocycles. The van der Waals surface area contributed by atoms with E-state index in [9.17, 15) is 4.79 Å². The van der Waals surface area contributed by atoms with E-state index in [-0.39, 0.29) is 11.7 Å². The zero-order chi connectivity index (χ0) is 16.8. The molecule has 0 spiro atoms. The van der Waals surface area contributed by atoms with Gasteiger partial charge >= 0.3 is 0 Å². The Labute approximate surface area is 144 Å². The highest BCUT2D eigenvalue weighted by molar-refractivity contribution is 5.83. The second-order valence-corrected chi connectivity index (χ2v) is 6.18. The predicted octanol–water partition coefficient (Wildman–Crippen LogP) is 5.66. The number of ketones is 1. The molecule has 1 nitrogen and oxygen atoms in total. The highest BCUT2D eigenvalue weighted by Crippen LogP contribution is 2.26. The van der Waals surface area contributed by atoms with Crippen molar-refractivity contribution in [3.63, 3.8) is 0 Å². The summed E-state index contributed by atoms with van der Waals surface area (Å²) >= 11 is 0. The summed E-state index contributed by atoms with van der Waals surface area (Å²) in [5.41, 5.74) is 4.78. The van der Waals surface area contributed by atoms with E-state index < -0.39 is 0 Å². The van der Waals surface area contributed by atoms with Crippen LogP contribution in [0, 0.1) is 0 Å². The predicted molar refractivity (Wildman–Crippen MR) is 100 cm³/mol. The lowest BCUT2D eigenvalue weighted by molar-refractivity contribution is -0.118. The number of aryl methyl sites for hydroxylation is 1. The zero-order valence-electron chi connectivity index (χ0n) is 14.0. The molecule has 3 aromatic carbocycles. The fourth-order valence-corrected chi connectivity index (χ4v) is 3.10. The molecule has 0 saturated carbocycles. The molecular weight excluding hydrogens is 292 g/mol. The van der Waals surface area contributed by atoms with Gasteiger partial charge in [-0.15, -0.1) is 0 Å². The number of Topliss-reactive ketones (excluding diaryl/α,β-unsaturated/α-hetero) is 1. The molecule has 0 radical (unpaired) electrons. The maximum absolute atomic E-state index is 12.1. The van der Waals surface area contributed by atoms with Crippen molar-refractivity contribution in [3.05, 3.63) is 96.1 Å². The van der Waals surface area contributed by atoms with Crippen molar-refractivity contribution in [2.24, 2.45) is 0 Å². The molecule has 3 aromatic rings. The summed E-state index contributed by atoms with van der Waals surface area (Å²) in [6, 6.07) is 29.1. The Bertz CT molecular complexity index is 773. The minimum absolute atomic E-state index is 0.0324. The van der Waals surface area contributed by atoms with Crippen molar-refractivity contribution >= 4 is 5.78 Å². The molecule has 0 saturated heterocycles. The molecule has 0 aliphatic rings.